The molecule has 1 heterocycles. The molecule has 0 bridgehead atoms. The van der Waals surface area contributed by atoms with Crippen molar-refractivity contribution in [3.8, 4) is 5.75 Å². The SMILES string of the molecule is CC(C)(C)c1ccc(OC2CCNCC2)c(Cl)c1.Cl. The quantitative estimate of drug-likeness (QED) is 0.884. The smallest absolute Gasteiger partial charge is 0.138 e. The average Bonchev–Trinajstić information content (AvgIpc) is 2.32. The van der Waals surface area contributed by atoms with Crippen LogP contribution in [0.5, 0.6) is 5.75 Å². The van der Waals surface area contributed by atoms with Gasteiger partial charge in [0, 0.05) is 0 Å². The van der Waals surface area contributed by atoms with Crippen LogP contribution in [0.4, 0.5) is 0 Å². The maximum atomic E-state index is 6.31. The van der Waals surface area contributed by atoms with Crippen LogP contribution in [-0.2, 0) is 5.41 Å². The van der Waals surface area contributed by atoms with Gasteiger partial charge in [-0.1, -0.05) is 38.4 Å². The van der Waals surface area contributed by atoms with E-state index in [9.17, 15) is 0 Å². The van der Waals surface area contributed by atoms with Crippen LogP contribution in [0.2, 0.25) is 5.02 Å². The van der Waals surface area contributed by atoms with Gasteiger partial charge in [-0.25, -0.2) is 0 Å². The maximum absolute atomic E-state index is 6.31. The lowest BCUT2D eigenvalue weighted by atomic mass is 9.87. The highest BCUT2D eigenvalue weighted by Gasteiger charge is 2.18. The molecule has 1 saturated heterocycles. The van der Waals surface area contributed by atoms with Gasteiger partial charge in [-0.2, -0.15) is 0 Å². The van der Waals surface area contributed by atoms with E-state index in [1.807, 2.05) is 12.1 Å². The van der Waals surface area contributed by atoms with Gasteiger partial charge in [-0.15, -0.1) is 12.4 Å². The number of hydrogen-bond acceptors (Lipinski definition) is 2. The molecular formula is C15H23Cl2NO. The summed E-state index contributed by atoms with van der Waals surface area (Å²) in [5, 5.41) is 4.05. The minimum atomic E-state index is 0. The fourth-order valence-corrected chi connectivity index (χ4v) is 2.38. The Morgan fingerprint density at radius 1 is 1.21 bits per heavy atom. The van der Waals surface area contributed by atoms with Gasteiger partial charge in [-0.05, 0) is 49.0 Å². The Hall–Kier alpha value is -0.440. The van der Waals surface area contributed by atoms with Crippen molar-refractivity contribution in [3.63, 3.8) is 0 Å². The second-order valence-corrected chi connectivity index (χ2v) is 6.37. The van der Waals surface area contributed by atoms with Gasteiger partial charge >= 0.3 is 0 Å². The van der Waals surface area contributed by atoms with Crippen LogP contribution in [0, 0.1) is 0 Å². The Morgan fingerprint density at radius 3 is 2.37 bits per heavy atom. The minimum Gasteiger partial charge on any atom is -0.489 e. The van der Waals surface area contributed by atoms with Crippen LogP contribution >= 0.6 is 24.0 Å². The van der Waals surface area contributed by atoms with E-state index in [0.29, 0.717) is 6.10 Å². The summed E-state index contributed by atoms with van der Waals surface area (Å²) in [6, 6.07) is 6.14. The summed E-state index contributed by atoms with van der Waals surface area (Å²) in [6.07, 6.45) is 2.40. The zero-order valence-electron chi connectivity index (χ0n) is 11.8. The zero-order valence-corrected chi connectivity index (χ0v) is 13.4. The standard InChI is InChI=1S/C15H22ClNO.ClH/c1-15(2,3)11-4-5-14(13(16)10-11)18-12-6-8-17-9-7-12;/h4-5,10,12,17H,6-9H2,1-3H3;1H. The van der Waals surface area contributed by atoms with Crippen LogP contribution in [0.3, 0.4) is 0 Å². The number of nitrogens with one attached hydrogen (secondary N) is 1. The number of benzene rings is 1. The van der Waals surface area contributed by atoms with Gasteiger partial charge in [0.25, 0.3) is 0 Å². The van der Waals surface area contributed by atoms with Crippen molar-refractivity contribution < 1.29 is 4.74 Å². The summed E-state index contributed by atoms with van der Waals surface area (Å²) in [5.74, 6) is 0.816. The second kappa shape index (κ2) is 6.83. The fourth-order valence-electron chi connectivity index (χ4n) is 2.16. The van der Waals surface area contributed by atoms with Gasteiger partial charge in [0.15, 0.2) is 0 Å². The lowest BCUT2D eigenvalue weighted by Gasteiger charge is -2.25. The molecule has 0 aliphatic carbocycles. The molecule has 1 N–H and O–H groups in total. The Kier molecular flexibility index (Phi) is 5.97. The van der Waals surface area contributed by atoms with Gasteiger partial charge in [-0.3, -0.25) is 0 Å². The second-order valence-electron chi connectivity index (χ2n) is 5.96. The summed E-state index contributed by atoms with van der Waals surface area (Å²) in [7, 11) is 0. The van der Waals surface area contributed by atoms with Crippen molar-refractivity contribution in [2.45, 2.75) is 45.1 Å². The van der Waals surface area contributed by atoms with E-state index in [4.69, 9.17) is 16.3 Å². The zero-order chi connectivity index (χ0) is 13.2. The summed E-state index contributed by atoms with van der Waals surface area (Å²) in [6.45, 7) is 8.62. The topological polar surface area (TPSA) is 21.3 Å². The van der Waals surface area contributed by atoms with E-state index in [2.05, 4.69) is 32.2 Å². The molecule has 0 saturated carbocycles. The molecule has 0 spiro atoms. The Morgan fingerprint density at radius 2 is 1.84 bits per heavy atom. The van der Waals surface area contributed by atoms with E-state index in [1.54, 1.807) is 0 Å². The van der Waals surface area contributed by atoms with Gasteiger partial charge in [0.1, 0.15) is 11.9 Å². The number of hydrogen-bond donors (Lipinski definition) is 1. The third-order valence-electron chi connectivity index (χ3n) is 3.38. The molecule has 2 rings (SSSR count). The number of rotatable bonds is 2. The van der Waals surface area contributed by atoms with E-state index >= 15 is 0 Å². The number of ether oxygens (including phenoxy) is 1. The van der Waals surface area contributed by atoms with Crippen LogP contribution in [0.15, 0.2) is 18.2 Å². The Balaban J connectivity index is 0.00000180. The summed E-state index contributed by atoms with van der Waals surface area (Å²) >= 11 is 6.31. The number of piperidine rings is 1. The lowest BCUT2D eigenvalue weighted by molar-refractivity contribution is 0.162. The largest absolute Gasteiger partial charge is 0.489 e. The van der Waals surface area contributed by atoms with Crippen LogP contribution < -0.4 is 10.1 Å². The first-order valence-corrected chi connectivity index (χ1v) is 7.02. The molecule has 0 radical (unpaired) electrons. The molecule has 1 fully saturated rings. The van der Waals surface area contributed by atoms with E-state index in [0.717, 1.165) is 36.7 Å². The highest BCUT2D eigenvalue weighted by molar-refractivity contribution is 6.32. The molecule has 19 heavy (non-hydrogen) atoms. The molecule has 0 atom stereocenters. The Labute approximate surface area is 127 Å². The maximum Gasteiger partial charge on any atom is 0.138 e. The average molecular weight is 304 g/mol. The summed E-state index contributed by atoms with van der Waals surface area (Å²) in [4.78, 5) is 0. The predicted octanol–water partition coefficient (Wildman–Crippen LogP) is 4.19. The van der Waals surface area contributed by atoms with Gasteiger partial charge in [0.05, 0.1) is 5.02 Å². The van der Waals surface area contributed by atoms with Crippen LogP contribution in [-0.4, -0.2) is 19.2 Å². The predicted molar refractivity (Wildman–Crippen MR) is 83.9 cm³/mol. The first-order valence-electron chi connectivity index (χ1n) is 6.64. The van der Waals surface area contributed by atoms with Gasteiger partial charge in [0.2, 0.25) is 0 Å². The number of halogens is 2. The van der Waals surface area contributed by atoms with Crippen molar-refractivity contribution in [3.05, 3.63) is 28.8 Å². The molecule has 0 aromatic heterocycles. The normalized spacial score (nSPS) is 16.8. The molecule has 1 aliphatic rings. The third-order valence-corrected chi connectivity index (χ3v) is 3.67. The Bertz CT molecular complexity index is 409. The van der Waals surface area contributed by atoms with Crippen LogP contribution in [0.1, 0.15) is 39.2 Å². The molecule has 0 unspecified atom stereocenters. The molecule has 0 amide bonds. The summed E-state index contributed by atoms with van der Waals surface area (Å²) in [5.41, 5.74) is 1.36. The monoisotopic (exact) mass is 303 g/mol. The third kappa shape index (κ3) is 4.55. The van der Waals surface area contributed by atoms with E-state index in [1.165, 1.54) is 5.56 Å². The minimum absolute atomic E-state index is 0. The van der Waals surface area contributed by atoms with Crippen molar-refractivity contribution >= 4 is 24.0 Å². The highest BCUT2D eigenvalue weighted by Crippen LogP contribution is 2.32. The fraction of sp³-hybridized carbons (Fsp3) is 0.600. The molecule has 4 heteroatoms. The lowest BCUT2D eigenvalue weighted by Crippen LogP contribution is -2.34. The first-order chi connectivity index (χ1) is 8.47. The van der Waals surface area contributed by atoms with Crippen molar-refractivity contribution in [1.29, 1.82) is 0 Å². The molecular weight excluding hydrogens is 281 g/mol. The van der Waals surface area contributed by atoms with Gasteiger partial charge < -0.3 is 10.1 Å². The molecule has 1 aliphatic heterocycles. The molecule has 1 aromatic carbocycles. The van der Waals surface area contributed by atoms with Crippen molar-refractivity contribution in [1.82, 2.24) is 5.32 Å². The first kappa shape index (κ1) is 16.6. The van der Waals surface area contributed by atoms with E-state index in [-0.39, 0.29) is 17.8 Å². The summed E-state index contributed by atoms with van der Waals surface area (Å²) < 4.78 is 5.98. The van der Waals surface area contributed by atoms with Crippen molar-refractivity contribution in [2.24, 2.45) is 0 Å². The molecule has 2 nitrogen and oxygen atoms in total. The molecule has 1 aromatic rings. The van der Waals surface area contributed by atoms with E-state index < -0.39 is 0 Å². The molecule has 108 valence electrons. The van der Waals surface area contributed by atoms with Crippen molar-refractivity contribution in [2.75, 3.05) is 13.1 Å². The van der Waals surface area contributed by atoms with Crippen LogP contribution in [0.25, 0.3) is 0 Å². The highest BCUT2D eigenvalue weighted by atomic mass is 35.5.